The lowest BCUT2D eigenvalue weighted by Crippen LogP contribution is -2.21. The van der Waals surface area contributed by atoms with Crippen LogP contribution in [-0.4, -0.2) is 18.5 Å². The minimum absolute atomic E-state index is 0.0201. The number of benzene rings is 1. The summed E-state index contributed by atoms with van der Waals surface area (Å²) in [5, 5.41) is 3.22. The first-order chi connectivity index (χ1) is 8.56. The summed E-state index contributed by atoms with van der Waals surface area (Å²) in [5.41, 5.74) is 0.625. The molecule has 2 unspecified atom stereocenters. The first-order valence-electron chi connectivity index (χ1n) is 5.78. The SMILES string of the molecule is CC1CC1C(=O)OCC(=O)Nc1ccc(Cl)cc1. The molecule has 1 aliphatic carbocycles. The van der Waals surface area contributed by atoms with Crippen LogP contribution in [0.4, 0.5) is 5.69 Å². The van der Waals surface area contributed by atoms with E-state index < -0.39 is 0 Å². The highest BCUT2D eigenvalue weighted by molar-refractivity contribution is 6.30. The summed E-state index contributed by atoms with van der Waals surface area (Å²) in [7, 11) is 0. The molecule has 18 heavy (non-hydrogen) atoms. The molecule has 1 aromatic rings. The Kier molecular flexibility index (Phi) is 3.87. The molecular formula is C13H14ClNO3. The molecule has 2 atom stereocenters. The van der Waals surface area contributed by atoms with Gasteiger partial charge in [-0.05, 0) is 36.6 Å². The number of halogens is 1. The van der Waals surface area contributed by atoms with Crippen molar-refractivity contribution in [3.8, 4) is 0 Å². The van der Waals surface area contributed by atoms with Crippen LogP contribution < -0.4 is 5.32 Å². The highest BCUT2D eigenvalue weighted by atomic mass is 35.5. The third-order valence-electron chi connectivity index (χ3n) is 2.89. The number of carbonyl (C=O) groups is 2. The van der Waals surface area contributed by atoms with E-state index in [4.69, 9.17) is 16.3 Å². The summed E-state index contributed by atoms with van der Waals surface area (Å²) in [5.74, 6) is -0.266. The Balaban J connectivity index is 1.75. The summed E-state index contributed by atoms with van der Waals surface area (Å²) < 4.78 is 4.92. The van der Waals surface area contributed by atoms with Gasteiger partial charge in [0.25, 0.3) is 5.91 Å². The van der Waals surface area contributed by atoms with Gasteiger partial charge in [-0.25, -0.2) is 0 Å². The average Bonchev–Trinajstić information content (AvgIpc) is 3.06. The van der Waals surface area contributed by atoms with Crippen LogP contribution in [-0.2, 0) is 14.3 Å². The lowest BCUT2D eigenvalue weighted by molar-refractivity contribution is -0.148. The van der Waals surface area contributed by atoms with Crippen molar-refractivity contribution in [2.24, 2.45) is 11.8 Å². The molecule has 2 rings (SSSR count). The number of esters is 1. The first kappa shape index (κ1) is 12.9. The molecule has 1 aliphatic rings. The second kappa shape index (κ2) is 5.40. The van der Waals surface area contributed by atoms with E-state index >= 15 is 0 Å². The summed E-state index contributed by atoms with van der Waals surface area (Å²) >= 11 is 5.72. The largest absolute Gasteiger partial charge is 0.455 e. The predicted octanol–water partition coefficient (Wildman–Crippen LogP) is 2.48. The molecule has 0 heterocycles. The second-order valence-corrected chi connectivity index (χ2v) is 4.92. The Bertz CT molecular complexity index is 458. The molecule has 1 amide bonds. The van der Waals surface area contributed by atoms with Crippen LogP contribution in [0, 0.1) is 11.8 Å². The number of rotatable bonds is 4. The van der Waals surface area contributed by atoms with E-state index in [2.05, 4.69) is 5.32 Å². The molecule has 1 N–H and O–H groups in total. The van der Waals surface area contributed by atoms with Gasteiger partial charge in [-0.3, -0.25) is 9.59 Å². The Labute approximate surface area is 110 Å². The molecule has 1 saturated carbocycles. The van der Waals surface area contributed by atoms with Crippen LogP contribution in [0.5, 0.6) is 0 Å². The maximum atomic E-state index is 11.5. The number of amides is 1. The number of hydrogen-bond acceptors (Lipinski definition) is 3. The van der Waals surface area contributed by atoms with Crippen LogP contribution in [0.3, 0.4) is 0 Å². The van der Waals surface area contributed by atoms with E-state index in [0.717, 1.165) is 6.42 Å². The molecule has 96 valence electrons. The highest BCUT2D eigenvalue weighted by Gasteiger charge is 2.40. The topological polar surface area (TPSA) is 55.4 Å². The zero-order valence-electron chi connectivity index (χ0n) is 9.98. The van der Waals surface area contributed by atoms with Crippen LogP contribution in [0.15, 0.2) is 24.3 Å². The van der Waals surface area contributed by atoms with E-state index in [1.165, 1.54) is 0 Å². The maximum absolute atomic E-state index is 11.5. The zero-order valence-corrected chi connectivity index (χ0v) is 10.7. The number of carbonyl (C=O) groups excluding carboxylic acids is 2. The molecule has 0 spiro atoms. The summed E-state index contributed by atoms with van der Waals surface area (Å²) in [6.45, 7) is 1.74. The number of ether oxygens (including phenoxy) is 1. The van der Waals surface area contributed by atoms with E-state index in [1.807, 2.05) is 6.92 Å². The van der Waals surface area contributed by atoms with Gasteiger partial charge in [0.2, 0.25) is 0 Å². The van der Waals surface area contributed by atoms with Gasteiger partial charge in [-0.1, -0.05) is 18.5 Å². The van der Waals surface area contributed by atoms with Gasteiger partial charge < -0.3 is 10.1 Å². The molecule has 1 fully saturated rings. The molecule has 0 saturated heterocycles. The van der Waals surface area contributed by atoms with Gasteiger partial charge in [-0.2, -0.15) is 0 Å². The van der Waals surface area contributed by atoms with Crippen molar-refractivity contribution in [1.82, 2.24) is 0 Å². The maximum Gasteiger partial charge on any atom is 0.309 e. The van der Waals surface area contributed by atoms with Crippen LogP contribution in [0.2, 0.25) is 5.02 Å². The fourth-order valence-electron chi connectivity index (χ4n) is 1.62. The van der Waals surface area contributed by atoms with Gasteiger partial charge in [0, 0.05) is 10.7 Å². The Morgan fingerprint density at radius 3 is 2.56 bits per heavy atom. The van der Waals surface area contributed by atoms with E-state index in [9.17, 15) is 9.59 Å². The molecule has 0 radical (unpaired) electrons. The average molecular weight is 268 g/mol. The third-order valence-corrected chi connectivity index (χ3v) is 3.14. The van der Waals surface area contributed by atoms with E-state index in [0.29, 0.717) is 16.6 Å². The monoisotopic (exact) mass is 267 g/mol. The number of anilines is 1. The fourth-order valence-corrected chi connectivity index (χ4v) is 1.75. The van der Waals surface area contributed by atoms with Gasteiger partial charge in [-0.15, -0.1) is 0 Å². The Morgan fingerprint density at radius 2 is 2.00 bits per heavy atom. The second-order valence-electron chi connectivity index (χ2n) is 4.48. The lowest BCUT2D eigenvalue weighted by Gasteiger charge is -2.06. The lowest BCUT2D eigenvalue weighted by atomic mass is 10.3. The van der Waals surface area contributed by atoms with Crippen LogP contribution in [0.25, 0.3) is 0 Å². The molecule has 1 aromatic carbocycles. The van der Waals surface area contributed by atoms with Gasteiger partial charge in [0.15, 0.2) is 6.61 Å². The zero-order chi connectivity index (χ0) is 13.1. The van der Waals surface area contributed by atoms with Gasteiger partial charge >= 0.3 is 5.97 Å². The summed E-state index contributed by atoms with van der Waals surface area (Å²) in [6.07, 6.45) is 0.859. The van der Waals surface area contributed by atoms with Crippen molar-refractivity contribution in [3.63, 3.8) is 0 Å². The van der Waals surface area contributed by atoms with Crippen molar-refractivity contribution in [3.05, 3.63) is 29.3 Å². The van der Waals surface area contributed by atoms with E-state index in [1.54, 1.807) is 24.3 Å². The van der Waals surface area contributed by atoms with Crippen molar-refractivity contribution < 1.29 is 14.3 Å². The van der Waals surface area contributed by atoms with Crippen molar-refractivity contribution in [2.45, 2.75) is 13.3 Å². The smallest absolute Gasteiger partial charge is 0.309 e. The van der Waals surface area contributed by atoms with Gasteiger partial charge in [0.1, 0.15) is 0 Å². The Hall–Kier alpha value is -1.55. The molecule has 0 bridgehead atoms. The van der Waals surface area contributed by atoms with Crippen molar-refractivity contribution in [2.75, 3.05) is 11.9 Å². The quantitative estimate of drug-likeness (QED) is 0.853. The number of hydrogen-bond donors (Lipinski definition) is 1. The van der Waals surface area contributed by atoms with Crippen molar-refractivity contribution >= 4 is 29.2 Å². The van der Waals surface area contributed by atoms with Gasteiger partial charge in [0.05, 0.1) is 5.92 Å². The first-order valence-corrected chi connectivity index (χ1v) is 6.16. The molecule has 0 aliphatic heterocycles. The minimum Gasteiger partial charge on any atom is -0.455 e. The third kappa shape index (κ3) is 3.47. The Morgan fingerprint density at radius 1 is 1.39 bits per heavy atom. The minimum atomic E-state index is -0.348. The van der Waals surface area contributed by atoms with Crippen LogP contribution in [0.1, 0.15) is 13.3 Å². The standard InChI is InChI=1S/C13H14ClNO3/c1-8-6-11(8)13(17)18-7-12(16)15-10-4-2-9(14)3-5-10/h2-5,8,11H,6-7H2,1H3,(H,15,16). The van der Waals surface area contributed by atoms with Crippen LogP contribution >= 0.6 is 11.6 Å². The molecule has 4 nitrogen and oxygen atoms in total. The fraction of sp³-hybridized carbons (Fsp3) is 0.385. The predicted molar refractivity (Wildman–Crippen MR) is 68.3 cm³/mol. The van der Waals surface area contributed by atoms with E-state index in [-0.39, 0.29) is 24.4 Å². The normalized spacial score (nSPS) is 21.2. The number of nitrogens with one attached hydrogen (secondary N) is 1. The molecule has 0 aromatic heterocycles. The summed E-state index contributed by atoms with van der Waals surface area (Å²) in [6, 6.07) is 6.72. The highest BCUT2D eigenvalue weighted by Crippen LogP contribution is 2.38. The van der Waals surface area contributed by atoms with Crippen molar-refractivity contribution in [1.29, 1.82) is 0 Å². The molecule has 5 heteroatoms. The summed E-state index contributed by atoms with van der Waals surface area (Å²) in [4.78, 5) is 22.9. The molecular weight excluding hydrogens is 254 g/mol.